The minimum absolute atomic E-state index is 0.172. The number of halogens is 1. The van der Waals surface area contributed by atoms with Gasteiger partial charge in [-0.05, 0) is 39.8 Å². The molecule has 1 aromatic heterocycles. The highest BCUT2D eigenvalue weighted by Gasteiger charge is 2.27. The van der Waals surface area contributed by atoms with Crippen LogP contribution in [0.25, 0.3) is 10.9 Å². The molecule has 28 heavy (non-hydrogen) atoms. The summed E-state index contributed by atoms with van der Waals surface area (Å²) in [5, 5.41) is 0.172. The maximum atomic E-state index is 14.3. The first-order chi connectivity index (χ1) is 13.1. The van der Waals surface area contributed by atoms with E-state index in [9.17, 15) is 13.7 Å². The van der Waals surface area contributed by atoms with Gasteiger partial charge in [-0.2, -0.15) is 0 Å². The third-order valence-corrected chi connectivity index (χ3v) is 6.04. The van der Waals surface area contributed by atoms with Crippen molar-refractivity contribution in [1.29, 1.82) is 0 Å². The lowest BCUT2D eigenvalue weighted by atomic mass is 10.1. The van der Waals surface area contributed by atoms with E-state index in [0.29, 0.717) is 49.0 Å². The van der Waals surface area contributed by atoms with E-state index in [4.69, 9.17) is 4.74 Å². The van der Waals surface area contributed by atoms with Crippen LogP contribution < -0.4 is 10.5 Å². The summed E-state index contributed by atoms with van der Waals surface area (Å²) in [4.78, 5) is 19.5. The van der Waals surface area contributed by atoms with Gasteiger partial charge in [-0.3, -0.25) is 9.36 Å². The van der Waals surface area contributed by atoms with Gasteiger partial charge in [0.1, 0.15) is 21.9 Å². The maximum Gasteiger partial charge on any atom is 0.262 e. The molecule has 0 unspecified atom stereocenters. The van der Waals surface area contributed by atoms with Crippen LogP contribution in [-0.2, 0) is 23.1 Å². The van der Waals surface area contributed by atoms with E-state index < -0.39 is 21.9 Å². The summed E-state index contributed by atoms with van der Waals surface area (Å²) in [5.74, 6) is -0.0602. The van der Waals surface area contributed by atoms with Crippen molar-refractivity contribution in [1.82, 2.24) is 9.55 Å². The molecule has 0 spiro atoms. The van der Waals surface area contributed by atoms with Crippen molar-refractivity contribution in [2.24, 2.45) is 11.4 Å². The van der Waals surface area contributed by atoms with Gasteiger partial charge in [0.15, 0.2) is 0 Å². The fraction of sp³-hybridized carbons (Fsp3) is 0.526. The van der Waals surface area contributed by atoms with Crippen molar-refractivity contribution in [3.8, 4) is 0 Å². The molecule has 1 atom stereocenters. The number of fused-ring (bicyclic) bond motifs is 1. The topological polar surface area (TPSA) is 82.8 Å². The molecule has 152 valence electrons. The lowest BCUT2D eigenvalue weighted by molar-refractivity contribution is 0.121. The molecule has 9 heteroatoms. The Balaban J connectivity index is 2.21. The quantitative estimate of drug-likeness (QED) is 0.574. The molecule has 1 aromatic carbocycles. The van der Waals surface area contributed by atoms with Gasteiger partial charge in [0.2, 0.25) is 5.95 Å². The Hall–Kier alpha value is -1.97. The average Bonchev–Trinajstić information content (AvgIpc) is 2.64. The number of anilines is 1. The van der Waals surface area contributed by atoms with E-state index in [0.717, 1.165) is 0 Å². The number of ether oxygens (including phenoxy) is 1. The molecule has 1 saturated heterocycles. The Morgan fingerprint density at radius 1 is 1.32 bits per heavy atom. The van der Waals surface area contributed by atoms with Crippen LogP contribution in [0.2, 0.25) is 0 Å². The van der Waals surface area contributed by atoms with Crippen LogP contribution >= 0.6 is 0 Å². The average molecular weight is 408 g/mol. The number of benzene rings is 1. The summed E-state index contributed by atoms with van der Waals surface area (Å²) in [6.45, 7) is 9.43. The highest BCUT2D eigenvalue weighted by molar-refractivity contribution is 7.91. The second-order valence-corrected chi connectivity index (χ2v) is 9.67. The summed E-state index contributed by atoms with van der Waals surface area (Å²) in [7, 11) is 1.62. The molecule has 0 amide bonds. The number of morpholine rings is 1. The van der Waals surface area contributed by atoms with Gasteiger partial charge in [-0.25, -0.2) is 9.37 Å². The fourth-order valence-corrected chi connectivity index (χ4v) is 3.58. The molecule has 0 aliphatic carbocycles. The number of nitrogens with zero attached hydrogens (tertiary/aromatic N) is 4. The van der Waals surface area contributed by atoms with Gasteiger partial charge >= 0.3 is 0 Å². The lowest BCUT2D eigenvalue weighted by Crippen LogP contribution is -2.40. The molecule has 2 heterocycles. The maximum absolute atomic E-state index is 14.3. The number of aromatic nitrogens is 2. The Labute approximate surface area is 166 Å². The van der Waals surface area contributed by atoms with Gasteiger partial charge < -0.3 is 14.2 Å². The van der Waals surface area contributed by atoms with Gasteiger partial charge in [-0.1, -0.05) is 4.40 Å². The first kappa shape index (κ1) is 20.8. The van der Waals surface area contributed by atoms with Gasteiger partial charge in [0.25, 0.3) is 5.56 Å². The molecule has 0 bridgehead atoms. The molecule has 0 radical (unpaired) electrons. The molecule has 3 rings (SSSR count). The number of hydrogen-bond acceptors (Lipinski definition) is 6. The zero-order valence-corrected chi connectivity index (χ0v) is 17.6. The standard InChI is InChI=1S/C19H25FN4O3S/c1-12(22-28(26)19(2,3)4)14-10-13(20)11-15-16(14)21-18(23(5)17(15)25)24-6-8-27-9-7-24/h10-11H,6-9H2,1-5H3/b22-12-/t28-/m1/s1. The van der Waals surface area contributed by atoms with E-state index in [1.807, 2.05) is 25.7 Å². The summed E-state index contributed by atoms with van der Waals surface area (Å²) < 4.78 is 37.2. The van der Waals surface area contributed by atoms with Gasteiger partial charge in [0.05, 0.1) is 29.8 Å². The Kier molecular flexibility index (Phi) is 5.79. The van der Waals surface area contributed by atoms with Crippen molar-refractivity contribution in [3.63, 3.8) is 0 Å². The first-order valence-corrected chi connectivity index (χ1v) is 10.2. The van der Waals surface area contributed by atoms with E-state index in [1.165, 1.54) is 16.7 Å². The van der Waals surface area contributed by atoms with Crippen LogP contribution in [0.1, 0.15) is 33.3 Å². The molecule has 1 aliphatic rings. The normalized spacial score (nSPS) is 17.2. The van der Waals surface area contributed by atoms with Crippen LogP contribution in [0.3, 0.4) is 0 Å². The number of rotatable bonds is 3. The van der Waals surface area contributed by atoms with E-state index in [1.54, 1.807) is 14.0 Å². The summed E-state index contributed by atoms with van der Waals surface area (Å²) in [6, 6.07) is 2.47. The van der Waals surface area contributed by atoms with E-state index in [-0.39, 0.29) is 10.9 Å². The molecule has 2 aromatic rings. The Morgan fingerprint density at radius 3 is 2.57 bits per heavy atom. The molecule has 7 nitrogen and oxygen atoms in total. The SMILES string of the molecule is C/C(=N/[S@+]([O-])C(C)(C)C)c1cc(F)cc2c(=O)n(C)c(N3CCOCC3)nc12. The summed E-state index contributed by atoms with van der Waals surface area (Å²) >= 11 is -1.51. The van der Waals surface area contributed by atoms with Crippen LogP contribution in [0.4, 0.5) is 10.3 Å². The van der Waals surface area contributed by atoms with Crippen LogP contribution in [-0.4, -0.2) is 50.9 Å². The van der Waals surface area contributed by atoms with Crippen molar-refractivity contribution < 1.29 is 13.7 Å². The lowest BCUT2D eigenvalue weighted by Gasteiger charge is -2.29. The molecular weight excluding hydrogens is 383 g/mol. The number of hydrogen-bond donors (Lipinski definition) is 0. The summed E-state index contributed by atoms with van der Waals surface area (Å²) in [6.07, 6.45) is 0. The second kappa shape index (κ2) is 7.81. The third-order valence-electron chi connectivity index (χ3n) is 4.55. The zero-order valence-electron chi connectivity index (χ0n) is 16.8. The predicted molar refractivity (Wildman–Crippen MR) is 110 cm³/mol. The van der Waals surface area contributed by atoms with Crippen molar-refractivity contribution in [3.05, 3.63) is 33.9 Å². The fourth-order valence-electron chi connectivity index (χ4n) is 2.96. The highest BCUT2D eigenvalue weighted by atomic mass is 32.2. The Morgan fingerprint density at radius 2 is 1.96 bits per heavy atom. The predicted octanol–water partition coefficient (Wildman–Crippen LogP) is 2.18. The van der Waals surface area contributed by atoms with Gasteiger partial charge in [-0.15, -0.1) is 0 Å². The minimum Gasteiger partial charge on any atom is -0.591 e. The molecule has 1 aliphatic heterocycles. The molecule has 0 saturated carbocycles. The van der Waals surface area contributed by atoms with Crippen molar-refractivity contribution in [2.45, 2.75) is 32.4 Å². The van der Waals surface area contributed by atoms with Crippen LogP contribution in [0, 0.1) is 5.82 Å². The van der Waals surface area contributed by atoms with Crippen LogP contribution in [0.15, 0.2) is 21.3 Å². The van der Waals surface area contributed by atoms with Crippen LogP contribution in [0.5, 0.6) is 0 Å². The summed E-state index contributed by atoms with van der Waals surface area (Å²) in [5.41, 5.74) is 0.779. The second-order valence-electron chi connectivity index (χ2n) is 7.76. The largest absolute Gasteiger partial charge is 0.591 e. The monoisotopic (exact) mass is 408 g/mol. The minimum atomic E-state index is -1.51. The third kappa shape index (κ3) is 4.06. The molecule has 0 N–H and O–H groups in total. The van der Waals surface area contributed by atoms with E-state index in [2.05, 4.69) is 9.38 Å². The van der Waals surface area contributed by atoms with Crippen molar-refractivity contribution >= 4 is 33.9 Å². The van der Waals surface area contributed by atoms with Gasteiger partial charge in [0, 0.05) is 25.7 Å². The molecular formula is C19H25FN4O3S. The molecule has 1 fully saturated rings. The highest BCUT2D eigenvalue weighted by Crippen LogP contribution is 2.23. The smallest absolute Gasteiger partial charge is 0.262 e. The first-order valence-electron chi connectivity index (χ1n) is 9.10. The zero-order chi connectivity index (χ0) is 20.6. The Bertz CT molecular complexity index is 978. The van der Waals surface area contributed by atoms with Crippen molar-refractivity contribution in [2.75, 3.05) is 31.2 Å². The van der Waals surface area contributed by atoms with E-state index >= 15 is 0 Å².